The van der Waals surface area contributed by atoms with E-state index in [0.717, 1.165) is 59.0 Å². The highest BCUT2D eigenvalue weighted by atomic mass is 16.5. The van der Waals surface area contributed by atoms with Crippen molar-refractivity contribution in [3.05, 3.63) is 64.8 Å². The number of carbonyl (C=O) groups excluding carboxylic acids is 1. The van der Waals surface area contributed by atoms with Crippen molar-refractivity contribution in [1.29, 1.82) is 0 Å². The fourth-order valence-corrected chi connectivity index (χ4v) is 4.21. The van der Waals surface area contributed by atoms with Gasteiger partial charge in [0.2, 0.25) is 11.8 Å². The van der Waals surface area contributed by atoms with Crippen molar-refractivity contribution in [2.75, 3.05) is 13.7 Å². The molecule has 1 N–H and O–H groups in total. The molecule has 0 unspecified atom stereocenters. The van der Waals surface area contributed by atoms with Crippen LogP contribution in [-0.4, -0.2) is 40.5 Å². The molecule has 0 aliphatic carbocycles. The fourth-order valence-electron chi connectivity index (χ4n) is 4.21. The quantitative estimate of drug-likeness (QED) is 0.578. The molecule has 0 saturated carbocycles. The molecule has 7 heteroatoms. The second-order valence-electron chi connectivity index (χ2n) is 8.42. The van der Waals surface area contributed by atoms with E-state index in [-0.39, 0.29) is 11.9 Å². The maximum absolute atomic E-state index is 11.7. The zero-order valence-corrected chi connectivity index (χ0v) is 19.1. The first-order chi connectivity index (χ1) is 15.4. The lowest BCUT2D eigenvalue weighted by Crippen LogP contribution is -2.38. The van der Waals surface area contributed by atoms with Gasteiger partial charge in [0, 0.05) is 50.1 Å². The van der Waals surface area contributed by atoms with Gasteiger partial charge in [0.15, 0.2) is 0 Å². The van der Waals surface area contributed by atoms with Crippen molar-refractivity contribution in [2.24, 2.45) is 0 Å². The Bertz CT molecular complexity index is 1090. The fraction of sp³-hybridized carbons (Fsp3) is 0.400. The monoisotopic (exact) mass is 434 g/mol. The van der Waals surface area contributed by atoms with E-state index in [1.807, 2.05) is 38.2 Å². The normalized spacial score (nSPS) is 15.9. The largest absolute Gasteiger partial charge is 0.496 e. The summed E-state index contributed by atoms with van der Waals surface area (Å²) in [6.45, 7) is 8.16. The minimum Gasteiger partial charge on any atom is -0.496 e. The number of carbonyl (C=O) groups is 1. The number of rotatable bonds is 8. The molecule has 1 aliphatic heterocycles. The Balaban J connectivity index is 1.57. The smallest absolute Gasteiger partial charge is 0.226 e. The predicted molar refractivity (Wildman–Crippen MR) is 122 cm³/mol. The zero-order valence-electron chi connectivity index (χ0n) is 19.1. The number of hydrogen-bond donors (Lipinski definition) is 1. The van der Waals surface area contributed by atoms with Gasteiger partial charge in [-0.15, -0.1) is 0 Å². The number of pyridine rings is 1. The zero-order chi connectivity index (χ0) is 22.7. The molecule has 1 atom stereocenters. The standard InChI is InChI=1S/C25H30N4O3/c1-16-17(2)23(31-4)9-8-21(16)25-28-22(18(3)32-25)15-29(13-19-6-5-11-26-12-19)14-20-7-10-24(30)27-20/h5-6,8-9,11-12,20H,7,10,13-15H2,1-4H3,(H,27,30)/t20-/m0/s1. The molecule has 3 heterocycles. The number of methoxy groups -OCH3 is 1. The number of oxazole rings is 1. The summed E-state index contributed by atoms with van der Waals surface area (Å²) < 4.78 is 11.5. The molecule has 0 bridgehead atoms. The third-order valence-corrected chi connectivity index (χ3v) is 6.15. The van der Waals surface area contributed by atoms with E-state index in [4.69, 9.17) is 14.1 Å². The molecule has 168 valence electrons. The SMILES string of the molecule is COc1ccc(-c2nc(CN(Cc3cccnc3)C[C@@H]3CCC(=O)N3)c(C)o2)c(C)c1C. The number of nitrogens with zero attached hydrogens (tertiary/aromatic N) is 3. The second-order valence-corrected chi connectivity index (χ2v) is 8.42. The average molecular weight is 435 g/mol. The Labute approximate surface area is 188 Å². The number of nitrogens with one attached hydrogen (secondary N) is 1. The highest BCUT2D eigenvalue weighted by Gasteiger charge is 2.25. The van der Waals surface area contributed by atoms with E-state index in [2.05, 4.69) is 28.2 Å². The summed E-state index contributed by atoms with van der Waals surface area (Å²) in [6, 6.07) is 8.11. The average Bonchev–Trinajstić information content (AvgIpc) is 3.35. The van der Waals surface area contributed by atoms with E-state index < -0.39 is 0 Å². The van der Waals surface area contributed by atoms with Crippen molar-refractivity contribution in [3.63, 3.8) is 0 Å². The van der Waals surface area contributed by atoms with Crippen molar-refractivity contribution in [1.82, 2.24) is 20.2 Å². The van der Waals surface area contributed by atoms with Gasteiger partial charge in [-0.25, -0.2) is 4.98 Å². The highest BCUT2D eigenvalue weighted by molar-refractivity contribution is 5.78. The number of hydrogen-bond acceptors (Lipinski definition) is 6. The van der Waals surface area contributed by atoms with E-state index >= 15 is 0 Å². The van der Waals surface area contributed by atoms with Crippen molar-refractivity contribution >= 4 is 5.91 Å². The summed E-state index contributed by atoms with van der Waals surface area (Å²) >= 11 is 0. The molecule has 4 rings (SSSR count). The van der Waals surface area contributed by atoms with E-state index in [1.165, 1.54) is 0 Å². The van der Waals surface area contributed by atoms with Gasteiger partial charge in [-0.1, -0.05) is 6.07 Å². The summed E-state index contributed by atoms with van der Waals surface area (Å²) in [5.74, 6) is 2.41. The van der Waals surface area contributed by atoms with Crippen molar-refractivity contribution in [3.8, 4) is 17.2 Å². The third kappa shape index (κ3) is 4.83. The summed E-state index contributed by atoms with van der Waals surface area (Å²) in [6.07, 6.45) is 5.10. The van der Waals surface area contributed by atoms with E-state index in [1.54, 1.807) is 13.3 Å². The molecule has 7 nitrogen and oxygen atoms in total. The summed E-state index contributed by atoms with van der Waals surface area (Å²) in [5, 5.41) is 3.07. The van der Waals surface area contributed by atoms with Crippen LogP contribution in [0, 0.1) is 20.8 Å². The Morgan fingerprint density at radius 3 is 2.72 bits per heavy atom. The Morgan fingerprint density at radius 1 is 1.19 bits per heavy atom. The van der Waals surface area contributed by atoms with Crippen LogP contribution in [0.5, 0.6) is 5.75 Å². The summed E-state index contributed by atoms with van der Waals surface area (Å²) in [5.41, 5.74) is 5.18. The van der Waals surface area contributed by atoms with Crippen molar-refractivity contribution < 1.29 is 13.9 Å². The van der Waals surface area contributed by atoms with Crippen LogP contribution >= 0.6 is 0 Å². The molecular formula is C25H30N4O3. The van der Waals surface area contributed by atoms with Gasteiger partial charge >= 0.3 is 0 Å². The molecule has 1 saturated heterocycles. The topological polar surface area (TPSA) is 80.5 Å². The van der Waals surface area contributed by atoms with Crippen molar-refractivity contribution in [2.45, 2.75) is 52.7 Å². The maximum Gasteiger partial charge on any atom is 0.226 e. The summed E-state index contributed by atoms with van der Waals surface area (Å²) in [4.78, 5) is 23.1. The Hall–Kier alpha value is -3.19. The number of aryl methyl sites for hydroxylation is 1. The molecule has 1 aliphatic rings. The minimum atomic E-state index is 0.126. The molecule has 3 aromatic rings. The summed E-state index contributed by atoms with van der Waals surface area (Å²) in [7, 11) is 1.68. The first-order valence-corrected chi connectivity index (χ1v) is 11.0. The second kappa shape index (κ2) is 9.53. The van der Waals surface area contributed by atoms with Crippen LogP contribution in [0.1, 0.15) is 41.0 Å². The van der Waals surface area contributed by atoms with Gasteiger partial charge in [-0.3, -0.25) is 14.7 Å². The highest BCUT2D eigenvalue weighted by Crippen LogP contribution is 2.32. The van der Waals surface area contributed by atoms with Crippen LogP contribution in [0.2, 0.25) is 0 Å². The third-order valence-electron chi connectivity index (χ3n) is 6.15. The number of ether oxygens (including phenoxy) is 1. The van der Waals surface area contributed by atoms with E-state index in [0.29, 0.717) is 18.9 Å². The predicted octanol–water partition coefficient (Wildman–Crippen LogP) is 3.95. The van der Waals surface area contributed by atoms with Crippen LogP contribution in [0.3, 0.4) is 0 Å². The molecule has 1 amide bonds. The van der Waals surface area contributed by atoms with Gasteiger partial charge in [-0.2, -0.15) is 0 Å². The van der Waals surface area contributed by atoms with Crippen LogP contribution in [0.25, 0.3) is 11.5 Å². The lowest BCUT2D eigenvalue weighted by molar-refractivity contribution is -0.119. The minimum absolute atomic E-state index is 0.126. The van der Waals surface area contributed by atoms with Gasteiger partial charge in [0.1, 0.15) is 11.5 Å². The van der Waals surface area contributed by atoms with Crippen LogP contribution in [0.15, 0.2) is 41.1 Å². The van der Waals surface area contributed by atoms with E-state index in [9.17, 15) is 4.79 Å². The lowest BCUT2D eigenvalue weighted by Gasteiger charge is -2.24. The van der Waals surface area contributed by atoms with Gasteiger partial charge in [-0.05, 0) is 62.1 Å². The first kappa shape index (κ1) is 22.0. The molecule has 32 heavy (non-hydrogen) atoms. The Kier molecular flexibility index (Phi) is 6.55. The maximum atomic E-state index is 11.7. The van der Waals surface area contributed by atoms with Gasteiger partial charge < -0.3 is 14.5 Å². The Morgan fingerprint density at radius 2 is 2.03 bits per heavy atom. The number of benzene rings is 1. The van der Waals surface area contributed by atoms with Gasteiger partial charge in [0.25, 0.3) is 0 Å². The molecular weight excluding hydrogens is 404 g/mol. The lowest BCUT2D eigenvalue weighted by atomic mass is 10.0. The van der Waals surface area contributed by atoms with Crippen LogP contribution in [-0.2, 0) is 17.9 Å². The molecule has 0 radical (unpaired) electrons. The number of amides is 1. The molecule has 2 aromatic heterocycles. The van der Waals surface area contributed by atoms with Gasteiger partial charge in [0.05, 0.1) is 12.8 Å². The number of aromatic nitrogens is 2. The molecule has 1 fully saturated rings. The molecule has 0 spiro atoms. The molecule has 1 aromatic carbocycles. The van der Waals surface area contributed by atoms with Crippen LogP contribution < -0.4 is 10.1 Å². The first-order valence-electron chi connectivity index (χ1n) is 11.0. The van der Waals surface area contributed by atoms with Crippen LogP contribution in [0.4, 0.5) is 0 Å².